The molecule has 4 nitrogen and oxygen atoms in total. The molecule has 3 atom stereocenters. The molecule has 1 aromatic rings. The second-order valence-electron chi connectivity index (χ2n) is 5.53. The molecule has 0 amide bonds. The van der Waals surface area contributed by atoms with Crippen LogP contribution in [-0.2, 0) is 20.8 Å². The summed E-state index contributed by atoms with van der Waals surface area (Å²) in [6, 6.07) is 10.5. The predicted molar refractivity (Wildman–Crippen MR) is 75.1 cm³/mol. The van der Waals surface area contributed by atoms with Crippen molar-refractivity contribution in [1.82, 2.24) is 4.90 Å². The fourth-order valence-electron chi connectivity index (χ4n) is 3.32. The van der Waals surface area contributed by atoms with Crippen molar-refractivity contribution in [3.8, 4) is 0 Å². The molecule has 108 valence electrons. The van der Waals surface area contributed by atoms with Crippen LogP contribution in [0.25, 0.3) is 0 Å². The molecular weight excluding hydrogens is 254 g/mol. The van der Waals surface area contributed by atoms with Gasteiger partial charge in [0.25, 0.3) is 0 Å². The van der Waals surface area contributed by atoms with Gasteiger partial charge in [0, 0.05) is 18.5 Å². The highest BCUT2D eigenvalue weighted by Crippen LogP contribution is 2.36. The Labute approximate surface area is 119 Å². The van der Waals surface area contributed by atoms with Gasteiger partial charge < -0.3 is 9.47 Å². The van der Waals surface area contributed by atoms with E-state index in [1.165, 1.54) is 5.56 Å². The number of rotatable bonds is 4. The van der Waals surface area contributed by atoms with Crippen molar-refractivity contribution in [3.05, 3.63) is 35.9 Å². The quantitative estimate of drug-likeness (QED) is 0.786. The van der Waals surface area contributed by atoms with Crippen molar-refractivity contribution >= 4 is 5.97 Å². The van der Waals surface area contributed by atoms with E-state index in [4.69, 9.17) is 9.47 Å². The van der Waals surface area contributed by atoms with Gasteiger partial charge >= 0.3 is 5.97 Å². The number of hydrogen-bond acceptors (Lipinski definition) is 4. The van der Waals surface area contributed by atoms with Crippen molar-refractivity contribution in [2.75, 3.05) is 19.8 Å². The fraction of sp³-hybridized carbons (Fsp3) is 0.562. The Hall–Kier alpha value is -1.39. The van der Waals surface area contributed by atoms with Crippen LogP contribution in [0, 0.1) is 5.92 Å². The Morgan fingerprint density at radius 1 is 1.35 bits per heavy atom. The summed E-state index contributed by atoms with van der Waals surface area (Å²) in [5, 5.41) is 0. The highest BCUT2D eigenvalue weighted by atomic mass is 16.5. The van der Waals surface area contributed by atoms with Gasteiger partial charge in [-0.1, -0.05) is 30.3 Å². The number of nitrogens with zero attached hydrogens (tertiary/aromatic N) is 1. The van der Waals surface area contributed by atoms with Crippen LogP contribution in [0.2, 0.25) is 0 Å². The van der Waals surface area contributed by atoms with E-state index in [1.54, 1.807) is 0 Å². The number of benzene rings is 1. The van der Waals surface area contributed by atoms with E-state index in [9.17, 15) is 4.79 Å². The van der Waals surface area contributed by atoms with Gasteiger partial charge in [-0.3, -0.25) is 9.69 Å². The lowest BCUT2D eigenvalue weighted by Crippen LogP contribution is -2.42. The molecule has 0 saturated carbocycles. The average molecular weight is 275 g/mol. The minimum absolute atomic E-state index is 0.0853. The van der Waals surface area contributed by atoms with Crippen molar-refractivity contribution in [1.29, 1.82) is 0 Å². The Morgan fingerprint density at radius 3 is 2.90 bits per heavy atom. The van der Waals surface area contributed by atoms with Gasteiger partial charge in [-0.05, 0) is 18.9 Å². The molecule has 0 spiro atoms. The molecular formula is C16H21NO3. The Kier molecular flexibility index (Phi) is 4.03. The zero-order valence-corrected chi connectivity index (χ0v) is 11.8. The maximum Gasteiger partial charge on any atom is 0.323 e. The van der Waals surface area contributed by atoms with E-state index in [-0.39, 0.29) is 12.0 Å². The van der Waals surface area contributed by atoms with Crippen LogP contribution in [0.15, 0.2) is 30.3 Å². The number of likely N-dealkylation sites (tertiary alicyclic amines) is 1. The zero-order valence-electron chi connectivity index (χ0n) is 11.8. The van der Waals surface area contributed by atoms with Gasteiger partial charge in [0.2, 0.25) is 0 Å². The van der Waals surface area contributed by atoms with Gasteiger partial charge in [-0.15, -0.1) is 0 Å². The molecule has 1 unspecified atom stereocenters. The first-order valence-electron chi connectivity index (χ1n) is 7.33. The second kappa shape index (κ2) is 5.94. The third-order valence-corrected chi connectivity index (χ3v) is 4.28. The number of hydrogen-bond donors (Lipinski definition) is 0. The van der Waals surface area contributed by atoms with E-state index in [2.05, 4.69) is 17.0 Å². The summed E-state index contributed by atoms with van der Waals surface area (Å²) >= 11 is 0. The summed E-state index contributed by atoms with van der Waals surface area (Å²) in [7, 11) is 0. The minimum Gasteiger partial charge on any atom is -0.465 e. The maximum absolute atomic E-state index is 12.2. The third-order valence-electron chi connectivity index (χ3n) is 4.28. The highest BCUT2D eigenvalue weighted by molar-refractivity contribution is 5.76. The molecule has 3 rings (SSSR count). The third kappa shape index (κ3) is 2.58. The molecule has 2 fully saturated rings. The molecule has 0 bridgehead atoms. The smallest absolute Gasteiger partial charge is 0.323 e. The molecule has 2 aliphatic heterocycles. The van der Waals surface area contributed by atoms with Crippen LogP contribution in [-0.4, -0.2) is 42.8 Å². The van der Waals surface area contributed by atoms with E-state index >= 15 is 0 Å². The van der Waals surface area contributed by atoms with E-state index in [0.29, 0.717) is 18.6 Å². The van der Waals surface area contributed by atoms with Crippen molar-refractivity contribution < 1.29 is 14.3 Å². The van der Waals surface area contributed by atoms with Crippen molar-refractivity contribution in [2.24, 2.45) is 5.92 Å². The fourth-order valence-corrected chi connectivity index (χ4v) is 3.32. The normalized spacial score (nSPS) is 29.4. The molecule has 1 aromatic carbocycles. The first-order chi connectivity index (χ1) is 9.79. The molecule has 20 heavy (non-hydrogen) atoms. The molecule has 2 aliphatic rings. The van der Waals surface area contributed by atoms with E-state index in [1.807, 2.05) is 25.1 Å². The largest absolute Gasteiger partial charge is 0.465 e. The van der Waals surface area contributed by atoms with Gasteiger partial charge in [0.05, 0.1) is 19.8 Å². The lowest BCUT2D eigenvalue weighted by Gasteiger charge is -2.27. The first kappa shape index (κ1) is 13.6. The van der Waals surface area contributed by atoms with E-state index in [0.717, 1.165) is 26.2 Å². The summed E-state index contributed by atoms with van der Waals surface area (Å²) in [6.07, 6.45) is 0.857. The topological polar surface area (TPSA) is 38.8 Å². The summed E-state index contributed by atoms with van der Waals surface area (Å²) < 4.78 is 10.8. The van der Waals surface area contributed by atoms with Crippen LogP contribution in [0.3, 0.4) is 0 Å². The predicted octanol–water partition coefficient (Wildman–Crippen LogP) is 1.84. The summed E-state index contributed by atoms with van der Waals surface area (Å²) in [4.78, 5) is 14.4. The highest BCUT2D eigenvalue weighted by Gasteiger charge is 2.47. The SMILES string of the molecule is CCOC(=O)C1C[C@@H]2COC[C@@H]2N1Cc1ccccc1. The zero-order chi connectivity index (χ0) is 13.9. The Morgan fingerprint density at radius 2 is 2.15 bits per heavy atom. The lowest BCUT2D eigenvalue weighted by atomic mass is 10.0. The molecule has 4 heteroatoms. The number of ether oxygens (including phenoxy) is 2. The molecule has 2 heterocycles. The maximum atomic E-state index is 12.2. The van der Waals surface area contributed by atoms with Crippen LogP contribution < -0.4 is 0 Å². The molecule has 2 saturated heterocycles. The lowest BCUT2D eigenvalue weighted by molar-refractivity contribution is -0.149. The first-order valence-corrected chi connectivity index (χ1v) is 7.33. The van der Waals surface area contributed by atoms with Gasteiger partial charge in [0.1, 0.15) is 6.04 Å². The van der Waals surface area contributed by atoms with Gasteiger partial charge in [-0.2, -0.15) is 0 Å². The van der Waals surface area contributed by atoms with Gasteiger partial charge in [-0.25, -0.2) is 0 Å². The minimum atomic E-state index is -0.117. The Bertz CT molecular complexity index is 462. The van der Waals surface area contributed by atoms with Crippen molar-refractivity contribution in [2.45, 2.75) is 32.0 Å². The van der Waals surface area contributed by atoms with Crippen LogP contribution in [0.4, 0.5) is 0 Å². The van der Waals surface area contributed by atoms with E-state index < -0.39 is 0 Å². The Balaban J connectivity index is 1.77. The number of carbonyl (C=O) groups excluding carboxylic acids is 1. The molecule has 0 aliphatic carbocycles. The standard InChI is InChI=1S/C16H21NO3/c1-2-20-16(18)14-8-13-10-19-11-15(13)17(14)9-12-6-4-3-5-7-12/h3-7,13-15H,2,8-11H2,1H3/t13-,14?,15+/m1/s1. The van der Waals surface area contributed by atoms with Gasteiger partial charge in [0.15, 0.2) is 0 Å². The molecule has 0 aromatic heterocycles. The summed E-state index contributed by atoms with van der Waals surface area (Å²) in [5.74, 6) is 0.381. The number of esters is 1. The van der Waals surface area contributed by atoms with Crippen molar-refractivity contribution in [3.63, 3.8) is 0 Å². The van der Waals surface area contributed by atoms with Crippen LogP contribution in [0.1, 0.15) is 18.9 Å². The molecule has 0 N–H and O–H groups in total. The second-order valence-corrected chi connectivity index (χ2v) is 5.53. The molecule has 0 radical (unpaired) electrons. The van der Waals surface area contributed by atoms with Crippen LogP contribution >= 0.6 is 0 Å². The number of carbonyl (C=O) groups is 1. The summed E-state index contributed by atoms with van der Waals surface area (Å²) in [5.41, 5.74) is 1.23. The number of fused-ring (bicyclic) bond motifs is 1. The monoisotopic (exact) mass is 275 g/mol. The summed E-state index contributed by atoms with van der Waals surface area (Å²) in [6.45, 7) is 4.59. The van der Waals surface area contributed by atoms with Crippen LogP contribution in [0.5, 0.6) is 0 Å². The average Bonchev–Trinajstić information content (AvgIpc) is 3.03.